The van der Waals surface area contributed by atoms with Gasteiger partial charge in [0.25, 0.3) is 5.88 Å². The van der Waals surface area contributed by atoms with Crippen LogP contribution in [0.1, 0.15) is 22.4 Å². The normalized spacial score (nSPS) is 10.6. The molecule has 150 valence electrons. The molecular formula is C25H21FN2O2. The number of ether oxygens (including phenoxy) is 2. The summed E-state index contributed by atoms with van der Waals surface area (Å²) < 4.78 is 25.9. The van der Waals surface area contributed by atoms with E-state index in [0.29, 0.717) is 42.5 Å². The van der Waals surface area contributed by atoms with Gasteiger partial charge in [-0.2, -0.15) is 5.10 Å². The fraction of sp³-hybridized carbons (Fsp3) is 0.120. The standard InChI is InChI=1S/C25H21FN2O2/c26-23-14-8-7-13-21(23)15-22-16-24(29-17-19-9-3-1-4-10-19)25(28-27-22)30-18-20-11-5-2-6-12-20/h1-14,16H,15,17-18H2. The lowest BCUT2D eigenvalue weighted by Gasteiger charge is -2.13. The lowest BCUT2D eigenvalue weighted by Crippen LogP contribution is -2.06. The number of hydrogen-bond donors (Lipinski definition) is 0. The summed E-state index contributed by atoms with van der Waals surface area (Å²) in [6.45, 7) is 0.719. The molecule has 0 aliphatic carbocycles. The molecule has 0 saturated carbocycles. The van der Waals surface area contributed by atoms with Crippen molar-refractivity contribution in [3.8, 4) is 11.6 Å². The van der Waals surface area contributed by atoms with E-state index in [1.165, 1.54) is 6.07 Å². The van der Waals surface area contributed by atoms with E-state index in [1.807, 2.05) is 60.7 Å². The molecule has 4 rings (SSSR count). The molecule has 1 heterocycles. The Hall–Kier alpha value is -3.73. The minimum atomic E-state index is -0.268. The quantitative estimate of drug-likeness (QED) is 0.399. The Morgan fingerprint density at radius 1 is 0.667 bits per heavy atom. The Morgan fingerprint density at radius 3 is 1.93 bits per heavy atom. The molecule has 0 atom stereocenters. The Labute approximate surface area is 174 Å². The number of halogens is 1. The van der Waals surface area contributed by atoms with Gasteiger partial charge in [0.05, 0.1) is 5.69 Å². The van der Waals surface area contributed by atoms with E-state index in [9.17, 15) is 4.39 Å². The third-order valence-corrected chi connectivity index (χ3v) is 4.56. The van der Waals surface area contributed by atoms with Gasteiger partial charge in [0, 0.05) is 12.5 Å². The summed E-state index contributed by atoms with van der Waals surface area (Å²) in [6, 6.07) is 28.1. The van der Waals surface area contributed by atoms with Crippen molar-refractivity contribution in [1.82, 2.24) is 10.2 Å². The van der Waals surface area contributed by atoms with E-state index in [4.69, 9.17) is 9.47 Å². The van der Waals surface area contributed by atoms with Crippen LogP contribution in [0.4, 0.5) is 4.39 Å². The van der Waals surface area contributed by atoms with Gasteiger partial charge in [-0.05, 0) is 22.8 Å². The second kappa shape index (κ2) is 9.65. The first-order valence-electron chi connectivity index (χ1n) is 9.71. The number of hydrogen-bond acceptors (Lipinski definition) is 4. The predicted octanol–water partition coefficient (Wildman–Crippen LogP) is 5.36. The number of benzene rings is 3. The van der Waals surface area contributed by atoms with Crippen molar-refractivity contribution in [2.75, 3.05) is 0 Å². The minimum Gasteiger partial charge on any atom is -0.483 e. The molecule has 3 aromatic carbocycles. The maximum Gasteiger partial charge on any atom is 0.276 e. The number of rotatable bonds is 8. The smallest absolute Gasteiger partial charge is 0.276 e. The highest BCUT2D eigenvalue weighted by Crippen LogP contribution is 2.27. The number of aromatic nitrogens is 2. The third kappa shape index (κ3) is 5.20. The van der Waals surface area contributed by atoms with Crippen molar-refractivity contribution in [1.29, 1.82) is 0 Å². The van der Waals surface area contributed by atoms with E-state index in [2.05, 4.69) is 10.2 Å². The third-order valence-electron chi connectivity index (χ3n) is 4.56. The molecule has 0 N–H and O–H groups in total. The molecule has 0 aliphatic rings. The van der Waals surface area contributed by atoms with E-state index < -0.39 is 0 Å². The molecular weight excluding hydrogens is 379 g/mol. The molecule has 0 radical (unpaired) electrons. The zero-order valence-electron chi connectivity index (χ0n) is 16.4. The molecule has 30 heavy (non-hydrogen) atoms. The van der Waals surface area contributed by atoms with Crippen molar-refractivity contribution in [3.05, 3.63) is 119 Å². The predicted molar refractivity (Wildman–Crippen MR) is 113 cm³/mol. The monoisotopic (exact) mass is 400 g/mol. The van der Waals surface area contributed by atoms with Crippen LogP contribution >= 0.6 is 0 Å². The molecule has 4 aromatic rings. The molecule has 1 aromatic heterocycles. The summed E-state index contributed by atoms with van der Waals surface area (Å²) in [5.41, 5.74) is 3.21. The van der Waals surface area contributed by atoms with Crippen LogP contribution in [0, 0.1) is 5.82 Å². The van der Waals surface area contributed by atoms with E-state index >= 15 is 0 Å². The van der Waals surface area contributed by atoms with Crippen molar-refractivity contribution in [2.24, 2.45) is 0 Å². The Kier molecular flexibility index (Phi) is 6.30. The summed E-state index contributed by atoms with van der Waals surface area (Å²) in [7, 11) is 0. The van der Waals surface area contributed by atoms with Crippen molar-refractivity contribution in [3.63, 3.8) is 0 Å². The lowest BCUT2D eigenvalue weighted by atomic mass is 10.1. The molecule has 0 saturated heterocycles. The van der Waals surface area contributed by atoms with Gasteiger partial charge in [-0.1, -0.05) is 78.9 Å². The summed E-state index contributed by atoms with van der Waals surface area (Å²) in [6.07, 6.45) is 0.320. The fourth-order valence-electron chi connectivity index (χ4n) is 2.99. The van der Waals surface area contributed by atoms with Crippen LogP contribution in [0.15, 0.2) is 91.0 Å². The lowest BCUT2D eigenvalue weighted by molar-refractivity contribution is 0.243. The van der Waals surface area contributed by atoms with Gasteiger partial charge < -0.3 is 9.47 Å². The molecule has 0 bridgehead atoms. The maximum absolute atomic E-state index is 14.0. The second-order valence-electron chi connectivity index (χ2n) is 6.82. The fourth-order valence-corrected chi connectivity index (χ4v) is 2.99. The van der Waals surface area contributed by atoms with E-state index in [-0.39, 0.29) is 5.82 Å². The second-order valence-corrected chi connectivity index (χ2v) is 6.82. The first-order valence-corrected chi connectivity index (χ1v) is 9.71. The van der Waals surface area contributed by atoms with Crippen LogP contribution in [0.5, 0.6) is 11.6 Å². The highest BCUT2D eigenvalue weighted by atomic mass is 19.1. The zero-order chi connectivity index (χ0) is 20.6. The van der Waals surface area contributed by atoms with Crippen LogP contribution in [-0.4, -0.2) is 10.2 Å². The summed E-state index contributed by atoms with van der Waals surface area (Å²) in [4.78, 5) is 0. The summed E-state index contributed by atoms with van der Waals surface area (Å²) in [5, 5.41) is 8.43. The van der Waals surface area contributed by atoms with Crippen LogP contribution in [0.3, 0.4) is 0 Å². The average Bonchev–Trinajstić information content (AvgIpc) is 2.80. The Morgan fingerprint density at radius 2 is 1.27 bits per heavy atom. The highest BCUT2D eigenvalue weighted by molar-refractivity contribution is 5.36. The van der Waals surface area contributed by atoms with Gasteiger partial charge in [0.15, 0.2) is 5.75 Å². The van der Waals surface area contributed by atoms with Gasteiger partial charge in [-0.15, -0.1) is 5.10 Å². The molecule has 0 spiro atoms. The maximum atomic E-state index is 14.0. The van der Waals surface area contributed by atoms with Crippen LogP contribution < -0.4 is 9.47 Å². The van der Waals surface area contributed by atoms with Gasteiger partial charge in [-0.25, -0.2) is 4.39 Å². The molecule has 0 fully saturated rings. The van der Waals surface area contributed by atoms with Gasteiger partial charge in [0.2, 0.25) is 0 Å². The molecule has 4 nitrogen and oxygen atoms in total. The molecule has 0 amide bonds. The summed E-state index contributed by atoms with van der Waals surface area (Å²) >= 11 is 0. The van der Waals surface area contributed by atoms with E-state index in [0.717, 1.165) is 11.1 Å². The highest BCUT2D eigenvalue weighted by Gasteiger charge is 2.13. The minimum absolute atomic E-state index is 0.268. The van der Waals surface area contributed by atoms with E-state index in [1.54, 1.807) is 24.3 Å². The molecule has 0 unspecified atom stereocenters. The average molecular weight is 400 g/mol. The summed E-state index contributed by atoms with van der Waals surface area (Å²) in [5.74, 6) is 0.527. The Bertz CT molecular complexity index is 1090. The topological polar surface area (TPSA) is 44.2 Å². The van der Waals surface area contributed by atoms with Crippen molar-refractivity contribution >= 4 is 0 Å². The van der Waals surface area contributed by atoms with Crippen LogP contribution in [0.25, 0.3) is 0 Å². The molecule has 5 heteroatoms. The van der Waals surface area contributed by atoms with Crippen LogP contribution in [0.2, 0.25) is 0 Å². The Balaban J connectivity index is 1.55. The van der Waals surface area contributed by atoms with Gasteiger partial charge >= 0.3 is 0 Å². The van der Waals surface area contributed by atoms with Crippen LogP contribution in [-0.2, 0) is 19.6 Å². The first-order chi connectivity index (χ1) is 14.8. The van der Waals surface area contributed by atoms with Crippen molar-refractivity contribution < 1.29 is 13.9 Å². The zero-order valence-corrected chi connectivity index (χ0v) is 16.4. The molecule has 0 aliphatic heterocycles. The van der Waals surface area contributed by atoms with Gasteiger partial charge in [-0.3, -0.25) is 0 Å². The van der Waals surface area contributed by atoms with Gasteiger partial charge in [0.1, 0.15) is 19.0 Å². The first kappa shape index (κ1) is 19.6. The number of nitrogens with zero attached hydrogens (tertiary/aromatic N) is 2. The van der Waals surface area contributed by atoms with Crippen molar-refractivity contribution in [2.45, 2.75) is 19.6 Å². The SMILES string of the molecule is Fc1ccccc1Cc1cc(OCc2ccccc2)c(OCc2ccccc2)nn1. The largest absolute Gasteiger partial charge is 0.483 e.